The average Bonchev–Trinajstić information content (AvgIpc) is 2.46. The summed E-state index contributed by atoms with van der Waals surface area (Å²) < 4.78 is 0. The molecule has 0 unspecified atom stereocenters. The van der Waals surface area contributed by atoms with Crippen LogP contribution in [-0.4, -0.2) is 45.5 Å². The average molecular weight is 283 g/mol. The lowest BCUT2D eigenvalue weighted by Gasteiger charge is -2.28. The van der Waals surface area contributed by atoms with Crippen LogP contribution in [0.2, 0.25) is 0 Å². The molecule has 9 heteroatoms. The summed E-state index contributed by atoms with van der Waals surface area (Å²) in [6, 6.07) is 1.28. The Balaban J connectivity index is 2.44. The number of nitro groups is 1. The number of thioether (sulfide) groups is 1. The van der Waals surface area contributed by atoms with E-state index in [-0.39, 0.29) is 17.1 Å². The molecule has 0 radical (unpaired) electrons. The van der Waals surface area contributed by atoms with Crippen molar-refractivity contribution < 1.29 is 10.1 Å². The molecule has 8 nitrogen and oxygen atoms in total. The highest BCUT2D eigenvalue weighted by Crippen LogP contribution is 2.24. The molecule has 102 valence electrons. The Labute approximate surface area is 113 Å². The zero-order chi connectivity index (χ0) is 13.8. The first-order chi connectivity index (χ1) is 9.13. The first-order valence-corrected chi connectivity index (χ1v) is 6.74. The minimum absolute atomic E-state index is 0.176. The summed E-state index contributed by atoms with van der Waals surface area (Å²) in [6.07, 6.45) is 1.19. The lowest BCUT2D eigenvalue weighted by molar-refractivity contribution is -0.385. The Morgan fingerprint density at radius 1 is 1.58 bits per heavy atom. The van der Waals surface area contributed by atoms with Crippen LogP contribution in [0.25, 0.3) is 0 Å². The largest absolute Gasteiger partial charge is 0.409 e. The van der Waals surface area contributed by atoms with Crippen molar-refractivity contribution in [3.05, 3.63) is 27.9 Å². The highest BCUT2D eigenvalue weighted by atomic mass is 32.2. The van der Waals surface area contributed by atoms with Gasteiger partial charge < -0.3 is 15.8 Å². The number of amidine groups is 1. The Kier molecular flexibility index (Phi) is 4.05. The zero-order valence-electron chi connectivity index (χ0n) is 10.0. The van der Waals surface area contributed by atoms with Crippen molar-refractivity contribution in [1.29, 1.82) is 0 Å². The van der Waals surface area contributed by atoms with Gasteiger partial charge in [-0.1, -0.05) is 5.16 Å². The van der Waals surface area contributed by atoms with Gasteiger partial charge in [-0.05, 0) is 0 Å². The van der Waals surface area contributed by atoms with Crippen LogP contribution in [-0.2, 0) is 0 Å². The Morgan fingerprint density at radius 2 is 2.26 bits per heavy atom. The number of rotatable bonds is 3. The van der Waals surface area contributed by atoms with Crippen LogP contribution in [0.1, 0.15) is 5.56 Å². The molecule has 1 aliphatic heterocycles. The summed E-state index contributed by atoms with van der Waals surface area (Å²) in [5.74, 6) is 2.24. The van der Waals surface area contributed by atoms with Gasteiger partial charge in [0.1, 0.15) is 12.0 Å². The van der Waals surface area contributed by atoms with Crippen molar-refractivity contribution in [3.63, 3.8) is 0 Å². The Hall–Kier alpha value is -2.03. The molecular weight excluding hydrogens is 270 g/mol. The molecule has 0 aromatic carbocycles. The number of aromatic nitrogens is 1. The van der Waals surface area contributed by atoms with Gasteiger partial charge in [0.2, 0.25) is 0 Å². The first-order valence-electron chi connectivity index (χ1n) is 5.58. The summed E-state index contributed by atoms with van der Waals surface area (Å²) in [5.41, 5.74) is 5.67. The van der Waals surface area contributed by atoms with Gasteiger partial charge in [-0.3, -0.25) is 10.1 Å². The maximum Gasteiger partial charge on any atom is 0.288 e. The minimum Gasteiger partial charge on any atom is -0.409 e. The van der Waals surface area contributed by atoms with Gasteiger partial charge in [-0.25, -0.2) is 4.98 Å². The van der Waals surface area contributed by atoms with E-state index >= 15 is 0 Å². The number of anilines is 1. The third-order valence-electron chi connectivity index (χ3n) is 2.76. The van der Waals surface area contributed by atoms with Crippen LogP contribution in [0.15, 0.2) is 17.4 Å². The molecule has 2 rings (SSSR count). The van der Waals surface area contributed by atoms with Gasteiger partial charge in [-0.2, -0.15) is 11.8 Å². The molecule has 0 saturated carbocycles. The van der Waals surface area contributed by atoms with Crippen LogP contribution in [0.3, 0.4) is 0 Å². The zero-order valence-corrected chi connectivity index (χ0v) is 10.8. The third kappa shape index (κ3) is 2.87. The van der Waals surface area contributed by atoms with Gasteiger partial charge >= 0.3 is 0 Å². The monoisotopic (exact) mass is 283 g/mol. The predicted molar refractivity (Wildman–Crippen MR) is 72.9 cm³/mol. The molecule has 0 amide bonds. The standard InChI is InChI=1S/C10H13N5O3S/c11-9(13-16)8-5-7(15(17)18)6-12-10(8)14-1-3-19-4-2-14/h5-6,16H,1-4H2,(H2,11,13). The number of nitrogens with two attached hydrogens (primary N) is 1. The van der Waals surface area contributed by atoms with Crippen molar-refractivity contribution in [2.75, 3.05) is 29.5 Å². The molecule has 1 aromatic rings. The highest BCUT2D eigenvalue weighted by Gasteiger charge is 2.21. The lowest BCUT2D eigenvalue weighted by atomic mass is 10.2. The van der Waals surface area contributed by atoms with Crippen LogP contribution in [0.4, 0.5) is 11.5 Å². The number of hydrogen-bond donors (Lipinski definition) is 2. The number of nitrogens with zero attached hydrogens (tertiary/aromatic N) is 4. The fraction of sp³-hybridized carbons (Fsp3) is 0.400. The number of oxime groups is 1. The summed E-state index contributed by atoms with van der Waals surface area (Å²) in [5, 5.41) is 22.5. The minimum atomic E-state index is -0.559. The normalized spacial score (nSPS) is 16.4. The fourth-order valence-electron chi connectivity index (χ4n) is 1.82. The van der Waals surface area contributed by atoms with E-state index in [4.69, 9.17) is 10.9 Å². The van der Waals surface area contributed by atoms with Gasteiger partial charge in [-0.15, -0.1) is 0 Å². The van der Waals surface area contributed by atoms with Crippen molar-refractivity contribution in [3.8, 4) is 0 Å². The van der Waals surface area contributed by atoms with E-state index in [0.29, 0.717) is 5.82 Å². The van der Waals surface area contributed by atoms with E-state index in [1.54, 1.807) is 0 Å². The molecule has 1 aromatic heterocycles. The van der Waals surface area contributed by atoms with E-state index in [9.17, 15) is 10.1 Å². The molecule has 0 aliphatic carbocycles. The van der Waals surface area contributed by atoms with Gasteiger partial charge in [0, 0.05) is 30.7 Å². The number of hydrogen-bond acceptors (Lipinski definition) is 7. The maximum atomic E-state index is 10.8. The summed E-state index contributed by atoms with van der Waals surface area (Å²) in [7, 11) is 0. The van der Waals surface area contributed by atoms with Crippen molar-refractivity contribution in [2.45, 2.75) is 0 Å². The lowest BCUT2D eigenvalue weighted by Crippen LogP contribution is -2.35. The molecule has 1 fully saturated rings. The van der Waals surface area contributed by atoms with Crippen molar-refractivity contribution in [2.24, 2.45) is 10.9 Å². The van der Waals surface area contributed by atoms with Gasteiger partial charge in [0.05, 0.1) is 10.5 Å². The number of pyridine rings is 1. The second-order valence-corrected chi connectivity index (χ2v) is 5.13. The highest BCUT2D eigenvalue weighted by molar-refractivity contribution is 7.99. The predicted octanol–water partition coefficient (Wildman–Crippen LogP) is 0.637. The van der Waals surface area contributed by atoms with Crippen LogP contribution in [0.5, 0.6) is 0 Å². The van der Waals surface area contributed by atoms with E-state index in [0.717, 1.165) is 24.6 Å². The SMILES string of the molecule is NC(=NO)c1cc([N+](=O)[O-])cnc1N1CCSCC1. The van der Waals surface area contributed by atoms with Gasteiger partial charge in [0.15, 0.2) is 5.84 Å². The van der Waals surface area contributed by atoms with Crippen LogP contribution >= 0.6 is 11.8 Å². The molecule has 1 saturated heterocycles. The van der Waals surface area contributed by atoms with Crippen LogP contribution in [0, 0.1) is 10.1 Å². The van der Waals surface area contributed by atoms with Crippen LogP contribution < -0.4 is 10.6 Å². The second-order valence-electron chi connectivity index (χ2n) is 3.91. The van der Waals surface area contributed by atoms with Crippen molar-refractivity contribution in [1.82, 2.24) is 4.98 Å². The topological polar surface area (TPSA) is 118 Å². The van der Waals surface area contributed by atoms with Gasteiger partial charge in [0.25, 0.3) is 5.69 Å². The first kappa shape index (κ1) is 13.4. The molecule has 19 heavy (non-hydrogen) atoms. The second kappa shape index (κ2) is 5.74. The van der Waals surface area contributed by atoms with E-state index in [2.05, 4.69) is 10.1 Å². The molecule has 2 heterocycles. The third-order valence-corrected chi connectivity index (χ3v) is 3.70. The smallest absolute Gasteiger partial charge is 0.288 e. The van der Waals surface area contributed by atoms with Crippen molar-refractivity contribution >= 4 is 29.1 Å². The summed E-state index contributed by atoms with van der Waals surface area (Å²) in [6.45, 7) is 1.56. The van der Waals surface area contributed by atoms with E-state index in [1.165, 1.54) is 12.3 Å². The molecule has 1 aliphatic rings. The summed E-state index contributed by atoms with van der Waals surface area (Å²) >= 11 is 1.83. The fourth-order valence-corrected chi connectivity index (χ4v) is 2.72. The molecule has 0 spiro atoms. The quantitative estimate of drug-likeness (QED) is 0.275. The molecular formula is C10H13N5O3S. The Bertz CT molecular complexity index is 516. The van der Waals surface area contributed by atoms with E-state index < -0.39 is 4.92 Å². The van der Waals surface area contributed by atoms with E-state index in [1.807, 2.05) is 16.7 Å². The summed E-state index contributed by atoms with van der Waals surface area (Å²) in [4.78, 5) is 16.3. The molecule has 0 atom stereocenters. The molecule has 0 bridgehead atoms. The molecule has 3 N–H and O–H groups in total. The Morgan fingerprint density at radius 3 is 2.84 bits per heavy atom. The maximum absolute atomic E-state index is 10.8.